The quantitative estimate of drug-likeness (QED) is 0.0274. The number of carboxylic acids is 2. The van der Waals surface area contributed by atoms with Gasteiger partial charge in [-0.1, -0.05) is 56.3 Å². The molecule has 0 radical (unpaired) electrons. The predicted octanol–water partition coefficient (Wildman–Crippen LogP) is -2.68. The minimum absolute atomic E-state index is 0.0117. The molecule has 0 aliphatic carbocycles. The van der Waals surface area contributed by atoms with Gasteiger partial charge in [-0.25, -0.2) is 4.79 Å². The summed E-state index contributed by atoms with van der Waals surface area (Å²) in [7, 11) is 0. The van der Waals surface area contributed by atoms with Crippen molar-refractivity contribution in [2.75, 3.05) is 19.6 Å². The number of hydrogen-bond acceptors (Lipinski definition) is 12. The van der Waals surface area contributed by atoms with E-state index in [2.05, 4.69) is 36.9 Å². The van der Waals surface area contributed by atoms with E-state index < -0.39 is 109 Å². The fourth-order valence-corrected chi connectivity index (χ4v) is 6.83. The molecular formula is C43H61N11O12. The first kappa shape index (κ1) is 53.0. The second-order valence-electron chi connectivity index (χ2n) is 16.2. The average Bonchev–Trinajstić information content (AvgIpc) is 3.77. The number of likely N-dealkylation sites (tertiary alicyclic amines) is 1. The Morgan fingerprint density at radius 1 is 0.727 bits per heavy atom. The number of carboxylic acid groups (broad SMARTS) is 2. The predicted molar refractivity (Wildman–Crippen MR) is 238 cm³/mol. The van der Waals surface area contributed by atoms with Gasteiger partial charge in [0.05, 0.1) is 19.0 Å². The molecule has 1 saturated heterocycles. The van der Waals surface area contributed by atoms with Crippen molar-refractivity contribution in [2.45, 2.75) is 108 Å². The first-order valence-corrected chi connectivity index (χ1v) is 21.3. The van der Waals surface area contributed by atoms with E-state index in [-0.39, 0.29) is 62.8 Å². The van der Waals surface area contributed by atoms with Crippen molar-refractivity contribution in [2.24, 2.45) is 28.1 Å². The van der Waals surface area contributed by atoms with Crippen LogP contribution in [0.25, 0.3) is 0 Å². The molecule has 2 aromatic rings. The molecule has 1 fully saturated rings. The monoisotopic (exact) mass is 923 g/mol. The summed E-state index contributed by atoms with van der Waals surface area (Å²) in [5.74, 6) is -9.05. The van der Waals surface area contributed by atoms with E-state index in [1.807, 2.05) is 0 Å². The zero-order chi connectivity index (χ0) is 49.1. The third-order valence-electron chi connectivity index (χ3n) is 10.5. The number of nitrogens with two attached hydrogens (primary N) is 3. The number of guanidine groups is 1. The number of aromatic hydroxyl groups is 1. The molecule has 1 aliphatic rings. The van der Waals surface area contributed by atoms with E-state index in [9.17, 15) is 58.5 Å². The first-order valence-electron chi connectivity index (χ1n) is 21.3. The molecule has 0 spiro atoms. The first-order chi connectivity index (χ1) is 31.2. The normalized spacial score (nSPS) is 16.0. The average molecular weight is 924 g/mol. The van der Waals surface area contributed by atoms with Crippen molar-refractivity contribution >= 4 is 59.2 Å². The molecule has 7 atom stereocenters. The molecule has 23 nitrogen and oxygen atoms in total. The number of amides is 7. The van der Waals surface area contributed by atoms with Gasteiger partial charge in [0.25, 0.3) is 0 Å². The van der Waals surface area contributed by atoms with Crippen LogP contribution < -0.4 is 49.1 Å². The zero-order valence-corrected chi connectivity index (χ0v) is 37.0. The number of aliphatic imine (C=N–C) groups is 1. The van der Waals surface area contributed by atoms with Crippen molar-refractivity contribution in [1.82, 2.24) is 36.8 Å². The van der Waals surface area contributed by atoms with Crippen LogP contribution in [-0.2, 0) is 56.0 Å². The number of nitrogens with one attached hydrogen (secondary N) is 6. The fourth-order valence-electron chi connectivity index (χ4n) is 6.83. The van der Waals surface area contributed by atoms with Crippen LogP contribution >= 0.6 is 0 Å². The van der Waals surface area contributed by atoms with E-state index >= 15 is 0 Å². The molecule has 0 bridgehead atoms. The molecule has 23 heteroatoms. The van der Waals surface area contributed by atoms with Crippen molar-refractivity contribution in [3.63, 3.8) is 0 Å². The van der Waals surface area contributed by atoms with Gasteiger partial charge in [0.2, 0.25) is 41.4 Å². The van der Waals surface area contributed by atoms with Crippen molar-refractivity contribution < 1.29 is 58.5 Å². The molecule has 1 aliphatic heterocycles. The lowest BCUT2D eigenvalue weighted by Crippen LogP contribution is -2.59. The third kappa shape index (κ3) is 17.3. The van der Waals surface area contributed by atoms with Gasteiger partial charge in [-0.3, -0.25) is 43.3 Å². The Hall–Kier alpha value is -7.30. The number of carbonyl (C=O) groups is 9. The Morgan fingerprint density at radius 2 is 1.29 bits per heavy atom. The zero-order valence-electron chi connectivity index (χ0n) is 37.0. The summed E-state index contributed by atoms with van der Waals surface area (Å²) in [5.41, 5.74) is 18.0. The van der Waals surface area contributed by atoms with Gasteiger partial charge in [0.15, 0.2) is 5.96 Å². The van der Waals surface area contributed by atoms with Crippen LogP contribution in [0.2, 0.25) is 0 Å². The summed E-state index contributed by atoms with van der Waals surface area (Å²) in [4.78, 5) is 123. The smallest absolute Gasteiger partial charge is 0.326 e. The Bertz CT molecular complexity index is 2070. The topological polar surface area (TPSA) is 380 Å². The second-order valence-corrected chi connectivity index (χ2v) is 16.2. The SMILES string of the molecule is CC(C)[C@H](N)C(=O)N[C@@H](Cc1ccc(O)cc1)C(=O)N[C@@H](C)C(=O)NCC(=O)N[C@@H](CCCN=C(N)N)C(=O)N[C@@H](Cc1ccccc1)C(=O)N[C@@H](CC(=O)O)C(=O)N1CCC[C@H]1C(=O)O. The summed E-state index contributed by atoms with van der Waals surface area (Å²) < 4.78 is 0. The molecule has 7 amide bonds. The van der Waals surface area contributed by atoms with Gasteiger partial charge in [0, 0.05) is 25.9 Å². The van der Waals surface area contributed by atoms with Crippen LogP contribution in [-0.4, -0.2) is 141 Å². The van der Waals surface area contributed by atoms with Crippen molar-refractivity contribution in [3.8, 4) is 5.75 Å². The summed E-state index contributed by atoms with van der Waals surface area (Å²) in [5, 5.41) is 43.9. The molecule has 3 rings (SSSR count). The lowest BCUT2D eigenvalue weighted by Gasteiger charge is -2.28. The van der Waals surface area contributed by atoms with Crippen LogP contribution in [0.5, 0.6) is 5.75 Å². The number of rotatable bonds is 25. The van der Waals surface area contributed by atoms with Crippen molar-refractivity contribution in [1.29, 1.82) is 0 Å². The Balaban J connectivity index is 1.76. The molecule has 0 aromatic heterocycles. The largest absolute Gasteiger partial charge is 0.508 e. The third-order valence-corrected chi connectivity index (χ3v) is 10.5. The summed E-state index contributed by atoms with van der Waals surface area (Å²) in [6.45, 7) is 4.18. The van der Waals surface area contributed by atoms with Crippen LogP contribution in [0, 0.1) is 5.92 Å². The molecular weight excluding hydrogens is 863 g/mol. The summed E-state index contributed by atoms with van der Waals surface area (Å²) >= 11 is 0. The highest BCUT2D eigenvalue weighted by Crippen LogP contribution is 2.20. The van der Waals surface area contributed by atoms with Crippen LogP contribution in [0.15, 0.2) is 59.6 Å². The minimum atomic E-state index is -1.69. The highest BCUT2D eigenvalue weighted by atomic mass is 16.4. The Kier molecular flexibility index (Phi) is 20.8. The maximum absolute atomic E-state index is 14.0. The van der Waals surface area contributed by atoms with Crippen LogP contribution in [0.4, 0.5) is 0 Å². The lowest BCUT2D eigenvalue weighted by molar-refractivity contribution is -0.150. The fraction of sp³-hybridized carbons (Fsp3) is 0.488. The molecule has 66 heavy (non-hydrogen) atoms. The van der Waals surface area contributed by atoms with Gasteiger partial charge in [-0.05, 0) is 61.8 Å². The number of hydrogen-bond donors (Lipinski definition) is 12. The number of aliphatic carboxylic acids is 2. The number of benzene rings is 2. The minimum Gasteiger partial charge on any atom is -0.508 e. The van der Waals surface area contributed by atoms with Crippen molar-refractivity contribution in [3.05, 3.63) is 65.7 Å². The van der Waals surface area contributed by atoms with Gasteiger partial charge in [-0.2, -0.15) is 0 Å². The number of nitrogens with zero attached hydrogens (tertiary/aromatic N) is 2. The maximum atomic E-state index is 14.0. The highest BCUT2D eigenvalue weighted by molar-refractivity contribution is 5.97. The van der Waals surface area contributed by atoms with Gasteiger partial charge < -0.3 is 69.3 Å². The van der Waals surface area contributed by atoms with E-state index in [0.29, 0.717) is 17.5 Å². The van der Waals surface area contributed by atoms with Crippen LogP contribution in [0.3, 0.4) is 0 Å². The van der Waals surface area contributed by atoms with Gasteiger partial charge in [0.1, 0.15) is 42.0 Å². The standard InChI is InChI=1S/C43H61N11O12/c1-23(2)35(44)40(63)52-29(20-26-13-15-27(55)16-14-26)38(61)49-24(3)36(59)48-22-33(56)50-28(11-7-17-47-43(45)46)37(60)51-30(19-25-9-5-4-6-10-25)39(62)53-31(21-34(57)58)41(64)54-18-8-12-32(54)42(65)66/h4-6,9-10,13-16,23-24,28-32,35,55H,7-8,11-12,17-22,44H2,1-3H3,(H,48,59)(H,49,61)(H,50,56)(H,51,60)(H,52,63)(H,53,62)(H,57,58)(H,65,66)(H4,45,46,47)/t24-,28-,29-,30-,31-,32-,35-/m0/s1. The number of carbonyl (C=O) groups excluding carboxylic acids is 7. The van der Waals surface area contributed by atoms with Crippen LogP contribution in [0.1, 0.15) is 64.0 Å². The molecule has 360 valence electrons. The molecule has 2 aromatic carbocycles. The molecule has 0 saturated carbocycles. The molecule has 0 unspecified atom stereocenters. The van der Waals surface area contributed by atoms with Gasteiger partial charge >= 0.3 is 11.9 Å². The van der Waals surface area contributed by atoms with E-state index in [4.69, 9.17) is 17.2 Å². The highest BCUT2D eigenvalue weighted by Gasteiger charge is 2.39. The summed E-state index contributed by atoms with van der Waals surface area (Å²) in [6, 6.07) is 5.20. The van der Waals surface area contributed by atoms with E-state index in [0.717, 1.165) is 4.90 Å². The Labute approximate surface area is 381 Å². The maximum Gasteiger partial charge on any atom is 0.326 e. The Morgan fingerprint density at radius 3 is 1.86 bits per heavy atom. The summed E-state index contributed by atoms with van der Waals surface area (Å²) in [6.07, 6.45) is -0.539. The van der Waals surface area contributed by atoms with E-state index in [1.54, 1.807) is 56.3 Å². The second kappa shape index (κ2) is 25.9. The molecule has 1 heterocycles. The van der Waals surface area contributed by atoms with E-state index in [1.165, 1.54) is 19.1 Å². The lowest BCUT2D eigenvalue weighted by atomic mass is 10.0. The van der Waals surface area contributed by atoms with Gasteiger partial charge in [-0.15, -0.1) is 0 Å². The molecule has 15 N–H and O–H groups in total. The number of phenols is 1. The number of phenolic OH excluding ortho intramolecular Hbond substituents is 1.